The lowest BCUT2D eigenvalue weighted by molar-refractivity contribution is -0.137. The van der Waals surface area contributed by atoms with Crippen LogP contribution in [-0.4, -0.2) is 0 Å². The van der Waals surface area contributed by atoms with Crippen LogP contribution in [0.3, 0.4) is 0 Å². The van der Waals surface area contributed by atoms with E-state index in [-0.39, 0.29) is 11.5 Å². The predicted octanol–water partition coefficient (Wildman–Crippen LogP) is 5.23. The Labute approximate surface area is 124 Å². The van der Waals surface area contributed by atoms with Crippen molar-refractivity contribution in [3.63, 3.8) is 0 Å². The van der Waals surface area contributed by atoms with Gasteiger partial charge in [0, 0.05) is 6.04 Å². The number of hydrogen-bond donors (Lipinski definition) is 1. The maximum Gasteiger partial charge on any atom is 0.416 e. The fraction of sp³-hybridized carbons (Fsp3) is 0.647. The summed E-state index contributed by atoms with van der Waals surface area (Å²) >= 11 is 0. The van der Waals surface area contributed by atoms with Crippen molar-refractivity contribution in [3.05, 3.63) is 34.9 Å². The molecular weight excluding hydrogens is 275 g/mol. The van der Waals surface area contributed by atoms with E-state index in [0.29, 0.717) is 11.5 Å². The normalized spacial score (nSPS) is 23.9. The molecular formula is C17H24F3N. The van der Waals surface area contributed by atoms with Gasteiger partial charge in [0.1, 0.15) is 0 Å². The number of hydrogen-bond acceptors (Lipinski definition) is 1. The number of rotatable bonds is 2. The summed E-state index contributed by atoms with van der Waals surface area (Å²) in [5.41, 5.74) is 7.46. The van der Waals surface area contributed by atoms with Gasteiger partial charge in [0.2, 0.25) is 0 Å². The summed E-state index contributed by atoms with van der Waals surface area (Å²) in [5, 5.41) is 0. The Balaban J connectivity index is 2.29. The number of alkyl halides is 3. The summed E-state index contributed by atoms with van der Waals surface area (Å²) in [6, 6.07) is 3.74. The first-order valence-electron chi connectivity index (χ1n) is 7.56. The second-order valence-electron chi connectivity index (χ2n) is 6.94. The standard InChI is InChI=1S/C17H24F3N/c1-11-10-12(17(18,19)20)7-8-13(11)15(21)14-6-4-5-9-16(14,2)3/h7-8,10,14-15H,4-6,9,21H2,1-3H3. The molecule has 21 heavy (non-hydrogen) atoms. The Morgan fingerprint density at radius 1 is 1.24 bits per heavy atom. The lowest BCUT2D eigenvalue weighted by Crippen LogP contribution is -2.36. The smallest absolute Gasteiger partial charge is 0.324 e. The fourth-order valence-electron chi connectivity index (χ4n) is 3.63. The second kappa shape index (κ2) is 5.64. The van der Waals surface area contributed by atoms with Gasteiger partial charge in [-0.3, -0.25) is 0 Å². The molecule has 0 heterocycles. The monoisotopic (exact) mass is 299 g/mol. The SMILES string of the molecule is Cc1cc(C(F)(F)F)ccc1C(N)C1CCCCC1(C)C. The molecule has 1 aliphatic rings. The van der Waals surface area contributed by atoms with Crippen molar-refractivity contribution < 1.29 is 13.2 Å². The van der Waals surface area contributed by atoms with Gasteiger partial charge in [-0.1, -0.05) is 32.8 Å². The van der Waals surface area contributed by atoms with Crippen molar-refractivity contribution in [2.24, 2.45) is 17.1 Å². The van der Waals surface area contributed by atoms with Crippen molar-refractivity contribution >= 4 is 0 Å². The molecule has 0 aromatic heterocycles. The highest BCUT2D eigenvalue weighted by atomic mass is 19.4. The lowest BCUT2D eigenvalue weighted by atomic mass is 9.64. The minimum absolute atomic E-state index is 0.146. The zero-order valence-electron chi connectivity index (χ0n) is 12.9. The van der Waals surface area contributed by atoms with Crippen molar-refractivity contribution in [1.29, 1.82) is 0 Å². The van der Waals surface area contributed by atoms with Crippen molar-refractivity contribution in [2.75, 3.05) is 0 Å². The summed E-state index contributed by atoms with van der Waals surface area (Å²) in [6.45, 7) is 6.16. The van der Waals surface area contributed by atoms with E-state index in [1.54, 1.807) is 13.0 Å². The topological polar surface area (TPSA) is 26.0 Å². The van der Waals surface area contributed by atoms with Crippen molar-refractivity contribution in [3.8, 4) is 0 Å². The number of nitrogens with two attached hydrogens (primary N) is 1. The van der Waals surface area contributed by atoms with Gasteiger partial charge < -0.3 is 5.73 Å². The summed E-state index contributed by atoms with van der Waals surface area (Å²) in [6.07, 6.45) is 0.251. The zero-order valence-corrected chi connectivity index (χ0v) is 12.9. The molecule has 0 amide bonds. The summed E-state index contributed by atoms with van der Waals surface area (Å²) in [4.78, 5) is 0. The molecule has 0 bridgehead atoms. The predicted molar refractivity (Wildman–Crippen MR) is 78.8 cm³/mol. The Bertz CT molecular complexity index is 505. The highest BCUT2D eigenvalue weighted by Crippen LogP contribution is 2.46. The first-order valence-corrected chi connectivity index (χ1v) is 7.56. The molecule has 1 aromatic rings. The highest BCUT2D eigenvalue weighted by molar-refractivity contribution is 5.35. The van der Waals surface area contributed by atoms with Crippen LogP contribution in [0.2, 0.25) is 0 Å². The van der Waals surface area contributed by atoms with Crippen LogP contribution in [0.5, 0.6) is 0 Å². The van der Waals surface area contributed by atoms with Gasteiger partial charge in [-0.25, -0.2) is 0 Å². The average Bonchev–Trinajstić information content (AvgIpc) is 2.36. The highest BCUT2D eigenvalue weighted by Gasteiger charge is 2.37. The third kappa shape index (κ3) is 3.42. The van der Waals surface area contributed by atoms with Gasteiger partial charge in [0.05, 0.1) is 5.56 Å². The largest absolute Gasteiger partial charge is 0.416 e. The van der Waals surface area contributed by atoms with Crippen LogP contribution in [0.15, 0.2) is 18.2 Å². The molecule has 1 fully saturated rings. The fourth-order valence-corrected chi connectivity index (χ4v) is 3.63. The molecule has 1 aliphatic carbocycles. The lowest BCUT2D eigenvalue weighted by Gasteiger charge is -2.42. The van der Waals surface area contributed by atoms with Crippen LogP contribution < -0.4 is 5.73 Å². The van der Waals surface area contributed by atoms with E-state index < -0.39 is 11.7 Å². The third-order valence-electron chi connectivity index (χ3n) is 4.98. The average molecular weight is 299 g/mol. The van der Waals surface area contributed by atoms with Crippen LogP contribution in [-0.2, 0) is 6.18 Å². The molecule has 1 saturated carbocycles. The van der Waals surface area contributed by atoms with E-state index in [9.17, 15) is 13.2 Å². The number of benzene rings is 1. The van der Waals surface area contributed by atoms with Gasteiger partial charge in [-0.05, 0) is 54.4 Å². The minimum Gasteiger partial charge on any atom is -0.324 e. The van der Waals surface area contributed by atoms with E-state index in [0.717, 1.165) is 30.9 Å². The van der Waals surface area contributed by atoms with Crippen LogP contribution in [0.1, 0.15) is 62.3 Å². The van der Waals surface area contributed by atoms with Gasteiger partial charge in [-0.2, -0.15) is 13.2 Å². The molecule has 118 valence electrons. The quantitative estimate of drug-likeness (QED) is 0.795. The first kappa shape index (κ1) is 16.3. The van der Waals surface area contributed by atoms with Crippen LogP contribution in [0.4, 0.5) is 13.2 Å². The van der Waals surface area contributed by atoms with Crippen molar-refractivity contribution in [1.82, 2.24) is 0 Å². The second-order valence-corrected chi connectivity index (χ2v) is 6.94. The molecule has 0 radical (unpaired) electrons. The van der Waals surface area contributed by atoms with Gasteiger partial charge in [0.15, 0.2) is 0 Å². The van der Waals surface area contributed by atoms with E-state index in [1.165, 1.54) is 12.5 Å². The Morgan fingerprint density at radius 2 is 1.90 bits per heavy atom. The molecule has 1 nitrogen and oxygen atoms in total. The van der Waals surface area contributed by atoms with Crippen LogP contribution in [0.25, 0.3) is 0 Å². The molecule has 2 rings (SSSR count). The maximum atomic E-state index is 12.7. The summed E-state index contributed by atoms with van der Waals surface area (Å²) in [5.74, 6) is 0.321. The molecule has 2 unspecified atom stereocenters. The molecule has 2 atom stereocenters. The number of aryl methyl sites for hydroxylation is 1. The van der Waals surface area contributed by atoms with Crippen LogP contribution in [0, 0.1) is 18.3 Å². The van der Waals surface area contributed by atoms with E-state index >= 15 is 0 Å². The minimum atomic E-state index is -4.29. The Morgan fingerprint density at radius 3 is 2.43 bits per heavy atom. The van der Waals surface area contributed by atoms with Gasteiger partial charge in [0.25, 0.3) is 0 Å². The first-order chi connectivity index (χ1) is 9.63. The van der Waals surface area contributed by atoms with E-state index in [4.69, 9.17) is 5.73 Å². The molecule has 0 saturated heterocycles. The molecule has 2 N–H and O–H groups in total. The molecule has 4 heteroatoms. The molecule has 0 spiro atoms. The Kier molecular flexibility index (Phi) is 4.39. The summed E-state index contributed by atoms with van der Waals surface area (Å²) < 4.78 is 38.2. The maximum absolute atomic E-state index is 12.7. The van der Waals surface area contributed by atoms with Gasteiger partial charge in [-0.15, -0.1) is 0 Å². The van der Waals surface area contributed by atoms with Gasteiger partial charge >= 0.3 is 6.18 Å². The van der Waals surface area contributed by atoms with Crippen molar-refractivity contribution in [2.45, 2.75) is 58.7 Å². The van der Waals surface area contributed by atoms with Crippen LogP contribution >= 0.6 is 0 Å². The molecule has 1 aromatic carbocycles. The van der Waals surface area contributed by atoms with E-state index in [2.05, 4.69) is 13.8 Å². The molecule has 0 aliphatic heterocycles. The number of halogens is 3. The van der Waals surface area contributed by atoms with E-state index in [1.807, 2.05) is 0 Å². The zero-order chi connectivity index (χ0) is 15.8. The summed E-state index contributed by atoms with van der Waals surface area (Å²) in [7, 11) is 0. The third-order valence-corrected chi connectivity index (χ3v) is 4.98. The Hall–Kier alpha value is -1.03.